The van der Waals surface area contributed by atoms with Gasteiger partial charge in [-0.3, -0.25) is 0 Å². The third-order valence-electron chi connectivity index (χ3n) is 6.88. The zero-order chi connectivity index (χ0) is 22.8. The van der Waals surface area contributed by atoms with Crippen LogP contribution in [-0.2, 0) is 6.54 Å². The van der Waals surface area contributed by atoms with Crippen LogP contribution in [0, 0.1) is 0 Å². The summed E-state index contributed by atoms with van der Waals surface area (Å²) in [6.45, 7) is 0.446. The molecule has 1 aromatic carbocycles. The van der Waals surface area contributed by atoms with E-state index >= 15 is 0 Å². The Balaban J connectivity index is 1.44. The standard InChI is InChI=1S/C24H31N7O2/c25-17-8-10-18(11-9-17)28-24-29-21(26-13-15-4-3-5-16(12-15)23(32)33)20-22(30-24)31(14-27-20)19-6-1-2-7-19/h3-5,12,14,17-19H,1-2,6-11,13,25H2,(H,32,33)(H2,26,28,29,30). The molecule has 0 unspecified atom stereocenters. The van der Waals surface area contributed by atoms with E-state index in [0.29, 0.717) is 30.4 Å². The van der Waals surface area contributed by atoms with Crippen LogP contribution >= 0.6 is 0 Å². The molecule has 2 aliphatic carbocycles. The number of hydrogen-bond acceptors (Lipinski definition) is 7. The number of carboxylic acids is 1. The molecule has 9 nitrogen and oxygen atoms in total. The Labute approximate surface area is 192 Å². The predicted octanol–water partition coefficient (Wildman–Crippen LogP) is 3.93. The van der Waals surface area contributed by atoms with E-state index in [-0.39, 0.29) is 11.6 Å². The van der Waals surface area contributed by atoms with Crippen molar-refractivity contribution < 1.29 is 9.90 Å². The molecule has 0 radical (unpaired) electrons. The number of imidazole rings is 1. The number of aromatic nitrogens is 4. The van der Waals surface area contributed by atoms with Gasteiger partial charge in [0.15, 0.2) is 17.0 Å². The highest BCUT2D eigenvalue weighted by atomic mass is 16.4. The molecule has 0 saturated heterocycles. The van der Waals surface area contributed by atoms with Crippen LogP contribution in [0.1, 0.15) is 73.3 Å². The molecule has 174 valence electrons. The van der Waals surface area contributed by atoms with Gasteiger partial charge in [0.05, 0.1) is 11.9 Å². The van der Waals surface area contributed by atoms with Gasteiger partial charge >= 0.3 is 5.97 Å². The van der Waals surface area contributed by atoms with Crippen molar-refractivity contribution in [3.8, 4) is 0 Å². The van der Waals surface area contributed by atoms with Gasteiger partial charge in [0.2, 0.25) is 5.95 Å². The number of carbonyl (C=O) groups is 1. The van der Waals surface area contributed by atoms with Crippen molar-refractivity contribution in [3.63, 3.8) is 0 Å². The van der Waals surface area contributed by atoms with Gasteiger partial charge in [-0.1, -0.05) is 25.0 Å². The van der Waals surface area contributed by atoms with E-state index in [2.05, 4.69) is 20.2 Å². The van der Waals surface area contributed by atoms with Crippen molar-refractivity contribution in [2.75, 3.05) is 10.6 Å². The minimum absolute atomic E-state index is 0.269. The van der Waals surface area contributed by atoms with Crippen molar-refractivity contribution in [1.29, 1.82) is 0 Å². The fraction of sp³-hybridized carbons (Fsp3) is 0.500. The number of aromatic carboxylic acids is 1. The molecule has 5 rings (SSSR count). The minimum Gasteiger partial charge on any atom is -0.478 e. The SMILES string of the molecule is NC1CCC(Nc2nc(NCc3cccc(C(=O)O)c3)c3ncn(C4CCCC4)c3n2)CC1. The summed E-state index contributed by atoms with van der Waals surface area (Å²) in [5.74, 6) is 0.326. The molecule has 2 heterocycles. The zero-order valence-corrected chi connectivity index (χ0v) is 18.7. The average molecular weight is 450 g/mol. The number of fused-ring (bicyclic) bond motifs is 1. The summed E-state index contributed by atoms with van der Waals surface area (Å²) in [5, 5.41) is 16.2. The lowest BCUT2D eigenvalue weighted by Crippen LogP contribution is -2.33. The predicted molar refractivity (Wildman–Crippen MR) is 127 cm³/mol. The Hall–Kier alpha value is -3.20. The summed E-state index contributed by atoms with van der Waals surface area (Å²) in [6.07, 6.45) is 10.7. The normalized spacial score (nSPS) is 21.4. The van der Waals surface area contributed by atoms with Crippen LogP contribution in [0.5, 0.6) is 0 Å². The first-order chi connectivity index (χ1) is 16.1. The number of rotatable bonds is 7. The van der Waals surface area contributed by atoms with Crippen LogP contribution in [-0.4, -0.2) is 42.7 Å². The van der Waals surface area contributed by atoms with Gasteiger partial charge in [-0.2, -0.15) is 9.97 Å². The molecule has 33 heavy (non-hydrogen) atoms. The molecule has 2 fully saturated rings. The van der Waals surface area contributed by atoms with E-state index in [1.165, 1.54) is 12.8 Å². The maximum absolute atomic E-state index is 11.3. The Bertz CT molecular complexity index is 1130. The first kappa shape index (κ1) is 21.6. The Morgan fingerprint density at radius 1 is 1.12 bits per heavy atom. The molecule has 0 amide bonds. The second kappa shape index (κ2) is 9.35. The number of carboxylic acid groups (broad SMARTS) is 1. The molecular formula is C24H31N7O2. The molecule has 9 heteroatoms. The average Bonchev–Trinajstić information content (AvgIpc) is 3.49. The Kier molecular flexibility index (Phi) is 6.13. The van der Waals surface area contributed by atoms with Crippen LogP contribution in [0.15, 0.2) is 30.6 Å². The molecule has 0 bridgehead atoms. The number of nitrogens with one attached hydrogen (secondary N) is 2. The first-order valence-corrected chi connectivity index (χ1v) is 11.9. The summed E-state index contributed by atoms with van der Waals surface area (Å²) in [6, 6.07) is 7.95. The van der Waals surface area contributed by atoms with Crippen molar-refractivity contribution >= 4 is 28.9 Å². The molecule has 0 atom stereocenters. The van der Waals surface area contributed by atoms with Gasteiger partial charge in [0.25, 0.3) is 0 Å². The second-order valence-electron chi connectivity index (χ2n) is 9.27. The van der Waals surface area contributed by atoms with Gasteiger partial charge in [0.1, 0.15) is 0 Å². The molecule has 0 aliphatic heterocycles. The van der Waals surface area contributed by atoms with Gasteiger partial charge < -0.3 is 26.0 Å². The lowest BCUT2D eigenvalue weighted by atomic mass is 9.92. The third kappa shape index (κ3) is 4.78. The fourth-order valence-electron chi connectivity index (χ4n) is 5.00. The van der Waals surface area contributed by atoms with E-state index in [1.807, 2.05) is 12.4 Å². The summed E-state index contributed by atoms with van der Waals surface area (Å²) in [4.78, 5) is 25.6. The Morgan fingerprint density at radius 2 is 1.91 bits per heavy atom. The van der Waals surface area contributed by atoms with Crippen LogP contribution < -0.4 is 16.4 Å². The van der Waals surface area contributed by atoms with Gasteiger partial charge in [-0.05, 0) is 56.2 Å². The van der Waals surface area contributed by atoms with Crippen LogP contribution in [0.2, 0.25) is 0 Å². The summed E-state index contributed by atoms with van der Waals surface area (Å²) in [5.41, 5.74) is 8.79. The zero-order valence-electron chi connectivity index (χ0n) is 18.7. The number of hydrogen-bond donors (Lipinski definition) is 4. The largest absolute Gasteiger partial charge is 0.478 e. The van der Waals surface area contributed by atoms with Crippen molar-refractivity contribution in [3.05, 3.63) is 41.7 Å². The molecule has 2 aliphatic rings. The van der Waals surface area contributed by atoms with E-state index < -0.39 is 5.97 Å². The molecule has 5 N–H and O–H groups in total. The van der Waals surface area contributed by atoms with E-state index in [9.17, 15) is 9.90 Å². The summed E-state index contributed by atoms with van der Waals surface area (Å²) in [7, 11) is 0. The number of anilines is 2. The van der Waals surface area contributed by atoms with Crippen molar-refractivity contribution in [2.45, 2.75) is 76.0 Å². The van der Waals surface area contributed by atoms with Crippen molar-refractivity contribution in [1.82, 2.24) is 19.5 Å². The number of nitrogens with zero attached hydrogens (tertiary/aromatic N) is 4. The van der Waals surface area contributed by atoms with Gasteiger partial charge in [-0.25, -0.2) is 9.78 Å². The first-order valence-electron chi connectivity index (χ1n) is 11.9. The second-order valence-corrected chi connectivity index (χ2v) is 9.27. The van der Waals surface area contributed by atoms with E-state index in [0.717, 1.165) is 55.3 Å². The fourth-order valence-corrected chi connectivity index (χ4v) is 5.00. The van der Waals surface area contributed by atoms with Crippen LogP contribution in [0.4, 0.5) is 11.8 Å². The quantitative estimate of drug-likeness (QED) is 0.427. The minimum atomic E-state index is -0.935. The Morgan fingerprint density at radius 3 is 2.67 bits per heavy atom. The summed E-state index contributed by atoms with van der Waals surface area (Å²) >= 11 is 0. The van der Waals surface area contributed by atoms with Crippen LogP contribution in [0.25, 0.3) is 11.2 Å². The third-order valence-corrected chi connectivity index (χ3v) is 6.88. The lowest BCUT2D eigenvalue weighted by Gasteiger charge is -2.27. The number of nitrogens with two attached hydrogens (primary N) is 1. The lowest BCUT2D eigenvalue weighted by molar-refractivity contribution is 0.0696. The monoisotopic (exact) mass is 449 g/mol. The highest BCUT2D eigenvalue weighted by Crippen LogP contribution is 2.33. The maximum atomic E-state index is 11.3. The smallest absolute Gasteiger partial charge is 0.335 e. The molecule has 2 saturated carbocycles. The highest BCUT2D eigenvalue weighted by Gasteiger charge is 2.24. The van der Waals surface area contributed by atoms with E-state index in [1.54, 1.807) is 18.2 Å². The molecule has 2 aromatic heterocycles. The van der Waals surface area contributed by atoms with Gasteiger partial charge in [0, 0.05) is 24.7 Å². The number of benzene rings is 1. The van der Waals surface area contributed by atoms with E-state index in [4.69, 9.17) is 15.7 Å². The van der Waals surface area contributed by atoms with Crippen LogP contribution in [0.3, 0.4) is 0 Å². The van der Waals surface area contributed by atoms with Gasteiger partial charge in [-0.15, -0.1) is 0 Å². The molecule has 0 spiro atoms. The highest BCUT2D eigenvalue weighted by molar-refractivity contribution is 5.88. The molecule has 3 aromatic rings. The topological polar surface area (TPSA) is 131 Å². The molecular weight excluding hydrogens is 418 g/mol. The maximum Gasteiger partial charge on any atom is 0.335 e. The van der Waals surface area contributed by atoms with Crippen molar-refractivity contribution in [2.24, 2.45) is 5.73 Å². The summed E-state index contributed by atoms with van der Waals surface area (Å²) < 4.78 is 2.20.